The molecule has 0 saturated heterocycles. The lowest BCUT2D eigenvalue weighted by Gasteiger charge is -2.12. The Morgan fingerprint density at radius 1 is 1.16 bits per heavy atom. The molecule has 0 aliphatic heterocycles. The van der Waals surface area contributed by atoms with Crippen LogP contribution in [0.1, 0.15) is 37.6 Å². The Bertz CT molecular complexity index is 429. The average Bonchev–Trinajstić information content (AvgIpc) is 2.39. The minimum absolute atomic E-state index is 0.113. The number of rotatable bonds is 5. The minimum atomic E-state index is -0.236. The van der Waals surface area contributed by atoms with Gasteiger partial charge in [0.2, 0.25) is 0 Å². The van der Waals surface area contributed by atoms with Gasteiger partial charge in [-0.1, -0.05) is 6.92 Å². The second kappa shape index (κ2) is 7.41. The van der Waals surface area contributed by atoms with Crippen LogP contribution in [-0.2, 0) is 0 Å². The van der Waals surface area contributed by atoms with Gasteiger partial charge in [0.25, 0.3) is 5.91 Å². The fourth-order valence-corrected chi connectivity index (χ4v) is 1.46. The third kappa shape index (κ3) is 4.99. The Kier molecular flexibility index (Phi) is 5.85. The average molecular weight is 263 g/mol. The van der Waals surface area contributed by atoms with Crippen molar-refractivity contribution in [2.45, 2.75) is 33.2 Å². The molecular formula is C14H21N3O2. The number of nitrogens with one attached hydrogen (secondary N) is 3. The Morgan fingerprint density at radius 3 is 2.32 bits per heavy atom. The highest BCUT2D eigenvalue weighted by Gasteiger charge is 2.07. The van der Waals surface area contributed by atoms with Gasteiger partial charge in [0, 0.05) is 23.8 Å². The summed E-state index contributed by atoms with van der Waals surface area (Å²) >= 11 is 0. The van der Waals surface area contributed by atoms with Gasteiger partial charge in [0.15, 0.2) is 0 Å². The zero-order chi connectivity index (χ0) is 14.3. The third-order valence-electron chi connectivity index (χ3n) is 2.73. The number of hydrogen-bond acceptors (Lipinski definition) is 2. The first-order valence-corrected chi connectivity index (χ1v) is 6.52. The van der Waals surface area contributed by atoms with Crippen molar-refractivity contribution in [1.82, 2.24) is 10.6 Å². The van der Waals surface area contributed by atoms with Gasteiger partial charge >= 0.3 is 6.03 Å². The third-order valence-corrected chi connectivity index (χ3v) is 2.73. The molecule has 104 valence electrons. The molecule has 0 fully saturated rings. The first-order chi connectivity index (χ1) is 9.06. The molecule has 1 atom stereocenters. The molecule has 1 unspecified atom stereocenters. The van der Waals surface area contributed by atoms with Crippen LogP contribution in [0.5, 0.6) is 0 Å². The van der Waals surface area contributed by atoms with Gasteiger partial charge in [0.05, 0.1) is 0 Å². The summed E-state index contributed by atoms with van der Waals surface area (Å²) in [6, 6.07) is 6.68. The number of anilines is 1. The van der Waals surface area contributed by atoms with Crippen LogP contribution in [0.15, 0.2) is 24.3 Å². The molecule has 0 heterocycles. The van der Waals surface area contributed by atoms with E-state index in [2.05, 4.69) is 16.0 Å². The van der Waals surface area contributed by atoms with Gasteiger partial charge in [-0.2, -0.15) is 0 Å². The summed E-state index contributed by atoms with van der Waals surface area (Å²) in [5, 5.41) is 8.25. The number of urea groups is 1. The van der Waals surface area contributed by atoms with Crippen molar-refractivity contribution in [3.8, 4) is 0 Å². The smallest absolute Gasteiger partial charge is 0.319 e. The topological polar surface area (TPSA) is 70.2 Å². The fourth-order valence-electron chi connectivity index (χ4n) is 1.46. The molecule has 0 aromatic heterocycles. The largest absolute Gasteiger partial charge is 0.352 e. The van der Waals surface area contributed by atoms with Crippen molar-refractivity contribution in [1.29, 1.82) is 0 Å². The van der Waals surface area contributed by atoms with Crippen molar-refractivity contribution in [3.05, 3.63) is 29.8 Å². The second-order valence-electron chi connectivity index (χ2n) is 4.34. The quantitative estimate of drug-likeness (QED) is 0.763. The fraction of sp³-hybridized carbons (Fsp3) is 0.429. The SMILES string of the molecule is CCNC(=O)c1ccc(NC(=O)NC(C)CC)cc1. The Morgan fingerprint density at radius 2 is 1.79 bits per heavy atom. The first-order valence-electron chi connectivity index (χ1n) is 6.52. The second-order valence-corrected chi connectivity index (χ2v) is 4.34. The lowest BCUT2D eigenvalue weighted by atomic mass is 10.2. The van der Waals surface area contributed by atoms with Crippen LogP contribution in [0.2, 0.25) is 0 Å². The molecule has 0 aliphatic carbocycles. The van der Waals surface area contributed by atoms with Crippen molar-refractivity contribution in [2.24, 2.45) is 0 Å². The van der Waals surface area contributed by atoms with E-state index in [1.54, 1.807) is 24.3 Å². The van der Waals surface area contributed by atoms with Crippen molar-refractivity contribution >= 4 is 17.6 Å². The molecule has 3 amide bonds. The summed E-state index contributed by atoms with van der Waals surface area (Å²) in [5.74, 6) is -0.113. The summed E-state index contributed by atoms with van der Waals surface area (Å²) in [6.45, 7) is 6.41. The molecule has 0 saturated carbocycles. The highest BCUT2D eigenvalue weighted by Crippen LogP contribution is 2.09. The maximum atomic E-state index is 11.6. The molecule has 5 heteroatoms. The molecule has 0 bridgehead atoms. The molecule has 5 nitrogen and oxygen atoms in total. The molecule has 1 aromatic carbocycles. The first kappa shape index (κ1) is 15.0. The molecule has 19 heavy (non-hydrogen) atoms. The highest BCUT2D eigenvalue weighted by molar-refractivity contribution is 5.95. The van der Waals surface area contributed by atoms with E-state index in [0.717, 1.165) is 6.42 Å². The summed E-state index contributed by atoms with van der Waals surface area (Å²) < 4.78 is 0. The maximum Gasteiger partial charge on any atom is 0.319 e. The molecule has 1 rings (SSSR count). The van der Waals surface area contributed by atoms with E-state index in [0.29, 0.717) is 17.8 Å². The van der Waals surface area contributed by atoms with Crippen LogP contribution in [-0.4, -0.2) is 24.5 Å². The zero-order valence-corrected chi connectivity index (χ0v) is 11.6. The predicted molar refractivity (Wildman–Crippen MR) is 76.4 cm³/mol. The van der Waals surface area contributed by atoms with E-state index >= 15 is 0 Å². The molecule has 0 radical (unpaired) electrons. The monoisotopic (exact) mass is 263 g/mol. The van der Waals surface area contributed by atoms with Crippen LogP contribution < -0.4 is 16.0 Å². The van der Waals surface area contributed by atoms with Crippen LogP contribution >= 0.6 is 0 Å². The van der Waals surface area contributed by atoms with E-state index in [4.69, 9.17) is 0 Å². The zero-order valence-electron chi connectivity index (χ0n) is 11.6. The maximum absolute atomic E-state index is 11.6. The molecule has 0 aliphatic rings. The number of carbonyl (C=O) groups is 2. The van der Waals surface area contributed by atoms with Gasteiger partial charge in [0.1, 0.15) is 0 Å². The number of benzene rings is 1. The van der Waals surface area contributed by atoms with Gasteiger partial charge in [-0.15, -0.1) is 0 Å². The number of amides is 3. The van der Waals surface area contributed by atoms with Crippen LogP contribution in [0.4, 0.5) is 10.5 Å². The summed E-state index contributed by atoms with van der Waals surface area (Å²) in [4.78, 5) is 23.2. The van der Waals surface area contributed by atoms with E-state index < -0.39 is 0 Å². The predicted octanol–water partition coefficient (Wildman–Crippen LogP) is 2.36. The van der Waals surface area contributed by atoms with Crippen LogP contribution in [0.25, 0.3) is 0 Å². The Labute approximate surface area is 113 Å². The van der Waals surface area contributed by atoms with Gasteiger partial charge in [-0.05, 0) is 44.5 Å². The summed E-state index contributed by atoms with van der Waals surface area (Å²) in [5.41, 5.74) is 1.24. The van der Waals surface area contributed by atoms with E-state index in [9.17, 15) is 9.59 Å². The van der Waals surface area contributed by atoms with Crippen LogP contribution in [0, 0.1) is 0 Å². The van der Waals surface area contributed by atoms with Crippen molar-refractivity contribution < 1.29 is 9.59 Å². The normalized spacial score (nSPS) is 11.5. The molecule has 0 spiro atoms. The van der Waals surface area contributed by atoms with Crippen molar-refractivity contribution in [2.75, 3.05) is 11.9 Å². The minimum Gasteiger partial charge on any atom is -0.352 e. The number of hydrogen-bond donors (Lipinski definition) is 3. The molecule has 3 N–H and O–H groups in total. The van der Waals surface area contributed by atoms with E-state index in [1.807, 2.05) is 20.8 Å². The van der Waals surface area contributed by atoms with E-state index in [-0.39, 0.29) is 18.0 Å². The van der Waals surface area contributed by atoms with Gasteiger partial charge in [-0.25, -0.2) is 4.79 Å². The lowest BCUT2D eigenvalue weighted by Crippen LogP contribution is -2.35. The Balaban J connectivity index is 2.57. The van der Waals surface area contributed by atoms with Crippen LogP contribution in [0.3, 0.4) is 0 Å². The van der Waals surface area contributed by atoms with E-state index in [1.165, 1.54) is 0 Å². The molecule has 1 aromatic rings. The molecular weight excluding hydrogens is 242 g/mol. The summed E-state index contributed by atoms with van der Waals surface area (Å²) in [6.07, 6.45) is 0.879. The summed E-state index contributed by atoms with van der Waals surface area (Å²) in [7, 11) is 0. The van der Waals surface area contributed by atoms with Gasteiger partial charge in [-0.3, -0.25) is 4.79 Å². The Hall–Kier alpha value is -2.04. The highest BCUT2D eigenvalue weighted by atomic mass is 16.2. The number of carbonyl (C=O) groups excluding carboxylic acids is 2. The van der Waals surface area contributed by atoms with Crippen molar-refractivity contribution in [3.63, 3.8) is 0 Å². The van der Waals surface area contributed by atoms with Gasteiger partial charge < -0.3 is 16.0 Å². The lowest BCUT2D eigenvalue weighted by molar-refractivity contribution is 0.0956. The standard InChI is InChI=1S/C14H21N3O2/c1-4-10(3)16-14(19)17-12-8-6-11(7-9-12)13(18)15-5-2/h6-10H,4-5H2,1-3H3,(H,15,18)(H2,16,17,19).